The normalized spacial score (nSPS) is 13.8. The van der Waals surface area contributed by atoms with E-state index in [0.717, 1.165) is 25.0 Å². The van der Waals surface area contributed by atoms with Gasteiger partial charge in [-0.15, -0.1) is 11.3 Å². The van der Waals surface area contributed by atoms with E-state index in [1.54, 1.807) is 25.2 Å². The Morgan fingerprint density at radius 1 is 0.750 bits per heavy atom. The number of nitrogens with one attached hydrogen (secondary N) is 4. The van der Waals surface area contributed by atoms with Crippen LogP contribution >= 0.6 is 11.3 Å². The highest BCUT2D eigenvalue weighted by Gasteiger charge is 2.30. The van der Waals surface area contributed by atoms with Crippen LogP contribution in [0.25, 0.3) is 0 Å². The van der Waals surface area contributed by atoms with Gasteiger partial charge in [-0.3, -0.25) is 24.0 Å². The molecule has 5 amide bonds. The number of nitrogens with two attached hydrogens (primary N) is 1. The number of carbonyl (C=O) groups excluding carboxylic acids is 5. The molecular weight excluding hydrogens is 636 g/mol. The zero-order valence-electron chi connectivity index (χ0n) is 30.2. The largest absolute Gasteiger partial charge is 0.375 e. The van der Waals surface area contributed by atoms with Crippen LogP contribution in [0.4, 0.5) is 5.13 Å². The number of amides is 5. The quantitative estimate of drug-likeness (QED) is 0.129. The van der Waals surface area contributed by atoms with Crippen molar-refractivity contribution in [3.63, 3.8) is 0 Å². The summed E-state index contributed by atoms with van der Waals surface area (Å²) in [6.45, 7) is 15.3. The second-order valence-electron chi connectivity index (χ2n) is 15.2. The Labute approximate surface area is 289 Å². The van der Waals surface area contributed by atoms with Crippen LogP contribution in [-0.2, 0) is 46.3 Å². The predicted molar refractivity (Wildman–Crippen MR) is 186 cm³/mol. The predicted octanol–water partition coefficient (Wildman–Crippen LogP) is 3.67. The molecule has 0 aliphatic heterocycles. The van der Waals surface area contributed by atoms with Crippen molar-refractivity contribution in [2.45, 2.75) is 148 Å². The van der Waals surface area contributed by atoms with Gasteiger partial charge in [0, 0.05) is 42.0 Å². The Morgan fingerprint density at radius 2 is 1.27 bits per heavy atom. The van der Waals surface area contributed by atoms with Gasteiger partial charge in [0.2, 0.25) is 29.5 Å². The topological polar surface area (TPSA) is 191 Å². The van der Waals surface area contributed by atoms with Gasteiger partial charge >= 0.3 is 0 Å². The summed E-state index contributed by atoms with van der Waals surface area (Å²) in [6.07, 6.45) is 6.48. The molecule has 2 rings (SSSR count). The zero-order valence-corrected chi connectivity index (χ0v) is 31.0. The van der Waals surface area contributed by atoms with Gasteiger partial charge in [0.05, 0.1) is 36.3 Å². The van der Waals surface area contributed by atoms with Crippen molar-refractivity contribution in [1.82, 2.24) is 20.9 Å². The van der Waals surface area contributed by atoms with Gasteiger partial charge in [-0.25, -0.2) is 4.98 Å². The second-order valence-corrected chi connectivity index (χ2v) is 16.3. The average molecular weight is 695 g/mol. The molecule has 0 bridgehead atoms. The fraction of sp³-hybridized carbons (Fsp3) is 0.765. The summed E-state index contributed by atoms with van der Waals surface area (Å²) < 4.78 is 12.0. The van der Waals surface area contributed by atoms with Crippen molar-refractivity contribution >= 4 is 46.0 Å². The smallest absolute Gasteiger partial charge is 0.236 e. The summed E-state index contributed by atoms with van der Waals surface area (Å²) in [5.41, 5.74) is 3.57. The van der Waals surface area contributed by atoms with E-state index < -0.39 is 28.2 Å². The summed E-state index contributed by atoms with van der Waals surface area (Å²) >= 11 is 1.55. The number of aromatic nitrogens is 1. The maximum Gasteiger partial charge on any atom is 0.236 e. The van der Waals surface area contributed by atoms with E-state index in [0.29, 0.717) is 37.6 Å². The second kappa shape index (κ2) is 18.1. The highest BCUT2D eigenvalue weighted by molar-refractivity contribution is 7.15. The molecule has 14 heteroatoms. The molecule has 1 aliphatic rings. The van der Waals surface area contributed by atoms with Crippen molar-refractivity contribution in [3.8, 4) is 0 Å². The number of ether oxygens (including phenoxy) is 2. The van der Waals surface area contributed by atoms with Crippen molar-refractivity contribution in [2.75, 3.05) is 25.1 Å². The number of aryl methyl sites for hydroxylation is 2. The molecule has 1 aromatic heterocycles. The first-order valence-electron chi connectivity index (χ1n) is 16.9. The molecule has 1 heterocycles. The van der Waals surface area contributed by atoms with E-state index in [1.807, 2.05) is 41.5 Å². The Morgan fingerprint density at radius 3 is 1.83 bits per heavy atom. The molecule has 272 valence electrons. The highest BCUT2D eigenvalue weighted by Crippen LogP contribution is 2.29. The first-order valence-corrected chi connectivity index (χ1v) is 17.7. The number of nitrogens with zero attached hydrogens (tertiary/aromatic N) is 1. The van der Waals surface area contributed by atoms with Crippen LogP contribution in [0.5, 0.6) is 0 Å². The Hall–Kier alpha value is -3.10. The lowest BCUT2D eigenvalue weighted by Gasteiger charge is -2.32. The summed E-state index contributed by atoms with van der Waals surface area (Å²) in [6, 6.07) is 0. The van der Waals surface area contributed by atoms with E-state index in [2.05, 4.69) is 26.3 Å². The van der Waals surface area contributed by atoms with Gasteiger partial charge in [0.1, 0.15) is 0 Å². The number of thiazole rings is 1. The highest BCUT2D eigenvalue weighted by atomic mass is 32.1. The number of anilines is 1. The van der Waals surface area contributed by atoms with Crippen LogP contribution in [0.2, 0.25) is 0 Å². The van der Waals surface area contributed by atoms with Crippen LogP contribution in [0.15, 0.2) is 0 Å². The third-order valence-electron chi connectivity index (χ3n) is 7.93. The molecule has 1 aromatic rings. The monoisotopic (exact) mass is 694 g/mol. The third kappa shape index (κ3) is 16.8. The number of carbonyl (C=O) groups is 5. The number of rotatable bonds is 21. The lowest BCUT2D eigenvalue weighted by Crippen LogP contribution is -2.47. The lowest BCUT2D eigenvalue weighted by atomic mass is 9.97. The molecule has 1 aliphatic carbocycles. The van der Waals surface area contributed by atoms with Crippen molar-refractivity contribution in [1.29, 1.82) is 0 Å². The van der Waals surface area contributed by atoms with E-state index in [1.165, 1.54) is 11.3 Å². The standard InChI is InChI=1S/C34H58N6O7S/c1-31(2,39-27(43)15-11-14-26(42)38-30-37-23-12-9-10-13-24(23)48-30)16-18-47-34(7,8)21-29(45)40-32(3,4)17-19-46-33(5,6)20-28(44)36-22-25(35)41/h9-22H2,1-8H3,(H2,35,41)(H,36,44)(H,39,43)(H,40,45)(H,37,38,42). The molecule has 13 nitrogen and oxygen atoms in total. The summed E-state index contributed by atoms with van der Waals surface area (Å²) in [7, 11) is 0. The van der Waals surface area contributed by atoms with Gasteiger partial charge in [0.25, 0.3) is 0 Å². The van der Waals surface area contributed by atoms with Gasteiger partial charge in [-0.05, 0) is 100 Å². The van der Waals surface area contributed by atoms with Crippen molar-refractivity contribution in [3.05, 3.63) is 10.6 Å². The number of fused-ring (bicyclic) bond motifs is 1. The van der Waals surface area contributed by atoms with Crippen molar-refractivity contribution < 1.29 is 33.4 Å². The van der Waals surface area contributed by atoms with Gasteiger partial charge in [-0.2, -0.15) is 0 Å². The van der Waals surface area contributed by atoms with Crippen LogP contribution in [0.1, 0.15) is 124 Å². The van der Waals surface area contributed by atoms with E-state index >= 15 is 0 Å². The number of hydrogen-bond donors (Lipinski definition) is 5. The molecule has 6 N–H and O–H groups in total. The fourth-order valence-electron chi connectivity index (χ4n) is 5.27. The molecular formula is C34H58N6O7S. The third-order valence-corrected chi connectivity index (χ3v) is 9.00. The van der Waals surface area contributed by atoms with Gasteiger partial charge < -0.3 is 36.5 Å². The number of hydrogen-bond acceptors (Lipinski definition) is 9. The van der Waals surface area contributed by atoms with Crippen LogP contribution < -0.4 is 27.0 Å². The van der Waals surface area contributed by atoms with Gasteiger partial charge in [0.15, 0.2) is 5.13 Å². The molecule has 0 spiro atoms. The molecule has 0 unspecified atom stereocenters. The van der Waals surface area contributed by atoms with Crippen LogP contribution in [0.3, 0.4) is 0 Å². The maximum atomic E-state index is 12.9. The molecule has 0 saturated heterocycles. The summed E-state index contributed by atoms with van der Waals surface area (Å²) in [5.74, 6) is -1.37. The Bertz CT molecular complexity index is 1250. The first-order chi connectivity index (χ1) is 22.2. The molecule has 0 radical (unpaired) electrons. The molecule has 0 fully saturated rings. The lowest BCUT2D eigenvalue weighted by molar-refractivity contribution is -0.130. The van der Waals surface area contributed by atoms with Crippen molar-refractivity contribution in [2.24, 2.45) is 5.73 Å². The fourth-order valence-corrected chi connectivity index (χ4v) is 6.34. The minimum absolute atomic E-state index is 0.0629. The molecule has 48 heavy (non-hydrogen) atoms. The molecule has 0 saturated carbocycles. The first kappa shape index (κ1) is 41.1. The summed E-state index contributed by atoms with van der Waals surface area (Å²) in [5, 5.41) is 12.0. The van der Waals surface area contributed by atoms with Crippen LogP contribution in [0, 0.1) is 0 Å². The van der Waals surface area contributed by atoms with Gasteiger partial charge in [-0.1, -0.05) is 0 Å². The molecule has 0 atom stereocenters. The average Bonchev–Trinajstić information content (AvgIpc) is 3.32. The Balaban J connectivity index is 1.65. The SMILES string of the molecule is CC(C)(CCOC(C)(C)CC(=O)NC(C)(C)CCOC(C)(C)CC(=O)NCC(N)=O)NC(=O)CCCC(=O)Nc1nc2c(s1)CCCC2. The van der Waals surface area contributed by atoms with E-state index in [9.17, 15) is 24.0 Å². The zero-order chi connectivity index (χ0) is 36.2. The summed E-state index contributed by atoms with van der Waals surface area (Å²) in [4.78, 5) is 66.6. The minimum Gasteiger partial charge on any atom is -0.375 e. The maximum absolute atomic E-state index is 12.9. The van der Waals surface area contributed by atoms with E-state index in [4.69, 9.17) is 15.2 Å². The van der Waals surface area contributed by atoms with E-state index in [-0.39, 0.29) is 55.9 Å². The minimum atomic E-state index is -0.761. The Kier molecular flexibility index (Phi) is 15.4. The molecule has 0 aromatic carbocycles. The van der Waals surface area contributed by atoms with Crippen LogP contribution in [-0.4, -0.2) is 76.6 Å². The number of primary amides is 1.